The van der Waals surface area contributed by atoms with Gasteiger partial charge in [-0.05, 0) is 47.5 Å². The van der Waals surface area contributed by atoms with Crippen LogP contribution in [-0.2, 0) is 16.1 Å². The summed E-state index contributed by atoms with van der Waals surface area (Å²) in [5.74, 6) is -0.303. The Kier molecular flexibility index (Phi) is 6.31. The molecule has 2 aromatic carbocycles. The molecule has 8 heteroatoms. The number of hydrogen-bond donors (Lipinski definition) is 1. The number of nitrogens with zero attached hydrogens (tertiary/aromatic N) is 2. The molecule has 0 radical (unpaired) electrons. The first-order valence-corrected chi connectivity index (χ1v) is 12.2. The minimum absolute atomic E-state index is 0.0997. The fourth-order valence-electron chi connectivity index (χ4n) is 4.49. The molecule has 1 N–H and O–H groups in total. The van der Waals surface area contributed by atoms with E-state index in [4.69, 9.17) is 4.74 Å². The molecule has 0 bridgehead atoms. The van der Waals surface area contributed by atoms with E-state index >= 15 is 0 Å². The Hall–Kier alpha value is -3.65. The lowest BCUT2D eigenvalue weighted by Crippen LogP contribution is -2.47. The molecule has 2 fully saturated rings. The number of thiophene rings is 1. The number of anilines is 1. The van der Waals surface area contributed by atoms with Gasteiger partial charge in [-0.15, -0.1) is 11.3 Å². The zero-order valence-corrected chi connectivity index (χ0v) is 19.4. The van der Waals surface area contributed by atoms with Crippen LogP contribution in [0.25, 0.3) is 0 Å². The maximum Gasteiger partial charge on any atom is 0.411 e. The summed E-state index contributed by atoms with van der Waals surface area (Å²) in [4.78, 5) is 43.0. The number of ether oxygens (including phenoxy) is 1. The van der Waals surface area contributed by atoms with E-state index < -0.39 is 18.2 Å². The predicted octanol–water partition coefficient (Wildman–Crippen LogP) is 4.68. The Balaban J connectivity index is 1.43. The molecule has 2 aliphatic rings. The molecule has 0 spiro atoms. The lowest BCUT2D eigenvalue weighted by atomic mass is 9.99. The third kappa shape index (κ3) is 4.54. The molecule has 2 aliphatic heterocycles. The standard InChI is InChI=1S/C26H25N3O4S/c30-24(21-12-7-15-34-21)27-20-11-6-10-19(16-20)23-22(25(31)28-13-4-5-14-28)29(26(32)33-23)17-18-8-2-1-3-9-18/h1-3,6-12,15-16,22-23H,4-5,13-14,17H2,(H,27,30). The monoisotopic (exact) mass is 475 g/mol. The summed E-state index contributed by atoms with van der Waals surface area (Å²) in [6.07, 6.45) is 0.643. The van der Waals surface area contributed by atoms with Crippen molar-refractivity contribution in [1.29, 1.82) is 0 Å². The summed E-state index contributed by atoms with van der Waals surface area (Å²) in [7, 11) is 0. The van der Waals surface area contributed by atoms with Crippen molar-refractivity contribution in [3.8, 4) is 0 Å². The van der Waals surface area contributed by atoms with Crippen LogP contribution in [0.4, 0.5) is 10.5 Å². The zero-order valence-electron chi connectivity index (χ0n) is 18.6. The van der Waals surface area contributed by atoms with Crippen LogP contribution in [0.5, 0.6) is 0 Å². The first-order chi connectivity index (χ1) is 16.6. The number of amides is 3. The Morgan fingerprint density at radius 3 is 2.53 bits per heavy atom. The van der Waals surface area contributed by atoms with Crippen LogP contribution in [0.2, 0.25) is 0 Å². The van der Waals surface area contributed by atoms with Gasteiger partial charge in [0.2, 0.25) is 5.91 Å². The number of nitrogens with one attached hydrogen (secondary N) is 1. The number of rotatable bonds is 6. The fourth-order valence-corrected chi connectivity index (χ4v) is 5.11. The summed E-state index contributed by atoms with van der Waals surface area (Å²) in [6, 6.07) is 19.6. The van der Waals surface area contributed by atoms with E-state index in [9.17, 15) is 14.4 Å². The molecule has 3 heterocycles. The van der Waals surface area contributed by atoms with Crippen molar-refractivity contribution in [2.45, 2.75) is 31.5 Å². The van der Waals surface area contributed by atoms with Crippen molar-refractivity contribution >= 4 is 34.9 Å². The molecule has 1 aromatic heterocycles. The van der Waals surface area contributed by atoms with E-state index in [0.717, 1.165) is 18.4 Å². The third-order valence-corrected chi connectivity index (χ3v) is 7.04. The van der Waals surface area contributed by atoms with Gasteiger partial charge in [-0.25, -0.2) is 4.79 Å². The van der Waals surface area contributed by atoms with Crippen molar-refractivity contribution in [3.05, 3.63) is 88.1 Å². The normalized spacial score (nSPS) is 19.8. The van der Waals surface area contributed by atoms with Crippen LogP contribution in [0, 0.1) is 0 Å². The molecule has 7 nitrogen and oxygen atoms in total. The third-order valence-electron chi connectivity index (χ3n) is 6.17. The number of cyclic esters (lactones) is 1. The minimum atomic E-state index is -0.769. The fraction of sp³-hybridized carbons (Fsp3) is 0.269. The van der Waals surface area contributed by atoms with Gasteiger partial charge in [-0.3, -0.25) is 14.5 Å². The van der Waals surface area contributed by atoms with Crippen molar-refractivity contribution in [2.75, 3.05) is 18.4 Å². The number of carbonyl (C=O) groups is 3. The van der Waals surface area contributed by atoms with Crippen LogP contribution in [0.1, 0.15) is 39.7 Å². The van der Waals surface area contributed by atoms with Gasteiger partial charge in [0.15, 0.2) is 12.1 Å². The summed E-state index contributed by atoms with van der Waals surface area (Å²) < 4.78 is 5.79. The van der Waals surface area contributed by atoms with E-state index in [1.54, 1.807) is 24.3 Å². The molecular formula is C26H25N3O4S. The second kappa shape index (κ2) is 9.69. The second-order valence-electron chi connectivity index (χ2n) is 8.45. The molecule has 174 valence electrons. The summed E-state index contributed by atoms with van der Waals surface area (Å²) in [5.41, 5.74) is 2.18. The lowest BCUT2D eigenvalue weighted by Gasteiger charge is -2.28. The maximum absolute atomic E-state index is 13.6. The van der Waals surface area contributed by atoms with E-state index in [1.807, 2.05) is 52.7 Å². The van der Waals surface area contributed by atoms with Gasteiger partial charge in [0.1, 0.15) is 0 Å². The van der Waals surface area contributed by atoms with Gasteiger partial charge in [0.25, 0.3) is 5.91 Å². The Morgan fingerprint density at radius 2 is 1.79 bits per heavy atom. The second-order valence-corrected chi connectivity index (χ2v) is 9.40. The van der Waals surface area contributed by atoms with Crippen molar-refractivity contribution < 1.29 is 19.1 Å². The van der Waals surface area contributed by atoms with E-state index in [-0.39, 0.29) is 18.4 Å². The molecule has 2 saturated heterocycles. The number of benzene rings is 2. The average molecular weight is 476 g/mol. The van der Waals surface area contributed by atoms with Crippen LogP contribution < -0.4 is 5.32 Å². The van der Waals surface area contributed by atoms with Crippen molar-refractivity contribution in [2.24, 2.45) is 0 Å². The zero-order chi connectivity index (χ0) is 23.5. The molecule has 2 atom stereocenters. The molecule has 2 unspecified atom stereocenters. The molecule has 0 saturated carbocycles. The summed E-state index contributed by atoms with van der Waals surface area (Å²) >= 11 is 1.36. The molecule has 0 aliphatic carbocycles. The highest BCUT2D eigenvalue weighted by atomic mass is 32.1. The Bertz CT molecular complexity index is 1180. The SMILES string of the molecule is O=C(Nc1cccc(C2OC(=O)N(Cc3ccccc3)C2C(=O)N2CCCC2)c1)c1cccs1. The quantitative estimate of drug-likeness (QED) is 0.561. The molecule has 3 aromatic rings. The number of carbonyl (C=O) groups excluding carboxylic acids is 3. The first kappa shape index (κ1) is 22.2. The van der Waals surface area contributed by atoms with Crippen LogP contribution in [0.3, 0.4) is 0 Å². The largest absolute Gasteiger partial charge is 0.438 e. The molecular weight excluding hydrogens is 450 g/mol. The summed E-state index contributed by atoms with van der Waals surface area (Å²) in [5, 5.41) is 4.74. The first-order valence-electron chi connectivity index (χ1n) is 11.3. The van der Waals surface area contributed by atoms with Crippen LogP contribution in [-0.4, -0.2) is 46.8 Å². The molecule has 5 rings (SSSR count). The van der Waals surface area contributed by atoms with Gasteiger partial charge >= 0.3 is 6.09 Å². The molecule has 3 amide bonds. The average Bonchev–Trinajstić information content (AvgIpc) is 3.62. The highest BCUT2D eigenvalue weighted by Crippen LogP contribution is 2.36. The van der Waals surface area contributed by atoms with Gasteiger partial charge in [0, 0.05) is 18.8 Å². The predicted molar refractivity (Wildman–Crippen MR) is 130 cm³/mol. The van der Waals surface area contributed by atoms with Crippen molar-refractivity contribution in [3.63, 3.8) is 0 Å². The maximum atomic E-state index is 13.6. The Morgan fingerprint density at radius 1 is 1.00 bits per heavy atom. The Labute approximate surface area is 201 Å². The smallest absolute Gasteiger partial charge is 0.411 e. The summed E-state index contributed by atoms with van der Waals surface area (Å²) in [6.45, 7) is 1.66. The van der Waals surface area contributed by atoms with Gasteiger partial charge in [-0.2, -0.15) is 0 Å². The lowest BCUT2D eigenvalue weighted by molar-refractivity contribution is -0.135. The van der Waals surface area contributed by atoms with E-state index in [2.05, 4.69) is 5.32 Å². The molecule has 34 heavy (non-hydrogen) atoms. The number of likely N-dealkylation sites (tertiary alicyclic amines) is 1. The minimum Gasteiger partial charge on any atom is -0.438 e. The topological polar surface area (TPSA) is 79.0 Å². The van der Waals surface area contributed by atoms with E-state index in [1.165, 1.54) is 16.2 Å². The van der Waals surface area contributed by atoms with Crippen molar-refractivity contribution in [1.82, 2.24) is 9.80 Å². The van der Waals surface area contributed by atoms with Gasteiger partial charge in [-0.1, -0.05) is 48.5 Å². The highest BCUT2D eigenvalue weighted by Gasteiger charge is 2.48. The number of hydrogen-bond acceptors (Lipinski definition) is 5. The van der Waals surface area contributed by atoms with E-state index in [0.29, 0.717) is 29.2 Å². The highest BCUT2D eigenvalue weighted by molar-refractivity contribution is 7.12. The van der Waals surface area contributed by atoms with Gasteiger partial charge in [0.05, 0.1) is 11.4 Å². The van der Waals surface area contributed by atoms with Gasteiger partial charge < -0.3 is 15.0 Å². The van der Waals surface area contributed by atoms with Crippen LogP contribution >= 0.6 is 11.3 Å². The van der Waals surface area contributed by atoms with Crippen LogP contribution in [0.15, 0.2) is 72.1 Å².